The maximum atomic E-state index is 12.6. The average Bonchev–Trinajstić information content (AvgIpc) is 3.44. The number of carbonyl (C=O) groups is 2. The molecule has 1 N–H and O–H groups in total. The number of aromatic nitrogens is 1. The molecule has 0 aliphatic heterocycles. The lowest BCUT2D eigenvalue weighted by Crippen LogP contribution is -2.32. The van der Waals surface area contributed by atoms with Crippen LogP contribution in [0.5, 0.6) is 0 Å². The highest BCUT2D eigenvalue weighted by molar-refractivity contribution is 5.91. The molecule has 0 atom stereocenters. The van der Waals surface area contributed by atoms with E-state index in [1.165, 1.54) is 5.56 Å². The fraction of sp³-hybridized carbons (Fsp3) is 0.407. The van der Waals surface area contributed by atoms with Gasteiger partial charge < -0.3 is 19.2 Å². The van der Waals surface area contributed by atoms with Crippen LogP contribution in [0.15, 0.2) is 65.2 Å². The van der Waals surface area contributed by atoms with E-state index in [9.17, 15) is 9.59 Å². The van der Waals surface area contributed by atoms with Gasteiger partial charge in [-0.25, -0.2) is 0 Å². The van der Waals surface area contributed by atoms with Gasteiger partial charge in [-0.2, -0.15) is 0 Å². The van der Waals surface area contributed by atoms with Crippen LogP contribution in [-0.2, 0) is 24.3 Å². The van der Waals surface area contributed by atoms with Gasteiger partial charge in [-0.3, -0.25) is 9.59 Å². The van der Waals surface area contributed by atoms with E-state index in [4.69, 9.17) is 4.42 Å². The van der Waals surface area contributed by atoms with Crippen molar-refractivity contribution in [2.24, 2.45) is 5.92 Å². The zero-order valence-corrected chi connectivity index (χ0v) is 19.9. The molecule has 6 nitrogen and oxygen atoms in total. The van der Waals surface area contributed by atoms with Crippen LogP contribution in [0.3, 0.4) is 0 Å². The Kier molecular flexibility index (Phi) is 8.93. The molecule has 0 aliphatic carbocycles. The van der Waals surface area contributed by atoms with Crippen molar-refractivity contribution in [3.05, 3.63) is 83.6 Å². The van der Waals surface area contributed by atoms with Gasteiger partial charge >= 0.3 is 0 Å². The van der Waals surface area contributed by atoms with E-state index >= 15 is 0 Å². The van der Waals surface area contributed by atoms with Gasteiger partial charge in [0.05, 0.1) is 13.1 Å². The van der Waals surface area contributed by atoms with Gasteiger partial charge in [0.15, 0.2) is 5.76 Å². The first-order chi connectivity index (χ1) is 16.0. The lowest BCUT2D eigenvalue weighted by Gasteiger charge is -2.24. The minimum absolute atomic E-state index is 0.187. The van der Waals surface area contributed by atoms with Crippen molar-refractivity contribution >= 4 is 11.8 Å². The van der Waals surface area contributed by atoms with Crippen molar-refractivity contribution in [2.45, 2.75) is 53.1 Å². The summed E-state index contributed by atoms with van der Waals surface area (Å²) in [5.41, 5.74) is 2.23. The summed E-state index contributed by atoms with van der Waals surface area (Å²) in [4.78, 5) is 27.0. The maximum Gasteiger partial charge on any atom is 0.287 e. The molecule has 0 unspecified atom stereocenters. The predicted molar refractivity (Wildman–Crippen MR) is 130 cm³/mol. The summed E-state index contributed by atoms with van der Waals surface area (Å²) in [6, 6.07) is 17.6. The SMILES string of the molecule is CCCN(Cc1cccn1Cc1ccc(C(=O)NCCc2ccccc2)o1)C(=O)CC(C)C. The lowest BCUT2D eigenvalue weighted by molar-refractivity contribution is -0.132. The van der Waals surface area contributed by atoms with Crippen LogP contribution in [-0.4, -0.2) is 34.4 Å². The van der Waals surface area contributed by atoms with E-state index in [1.807, 2.05) is 59.6 Å². The van der Waals surface area contributed by atoms with Gasteiger partial charge in [-0.05, 0) is 48.6 Å². The topological polar surface area (TPSA) is 67.5 Å². The number of hydrogen-bond acceptors (Lipinski definition) is 3. The second-order valence-electron chi connectivity index (χ2n) is 8.80. The van der Waals surface area contributed by atoms with Gasteiger partial charge in [0.2, 0.25) is 5.91 Å². The van der Waals surface area contributed by atoms with Crippen molar-refractivity contribution in [1.82, 2.24) is 14.8 Å². The monoisotopic (exact) mass is 449 g/mol. The summed E-state index contributed by atoms with van der Waals surface area (Å²) in [6.45, 7) is 8.60. The third kappa shape index (κ3) is 7.38. The fourth-order valence-electron chi connectivity index (χ4n) is 3.79. The number of rotatable bonds is 12. The van der Waals surface area contributed by atoms with Crippen molar-refractivity contribution in [3.63, 3.8) is 0 Å². The molecule has 0 fully saturated rings. The molecule has 2 aromatic heterocycles. The van der Waals surface area contributed by atoms with Crippen molar-refractivity contribution in [3.8, 4) is 0 Å². The minimum atomic E-state index is -0.210. The summed E-state index contributed by atoms with van der Waals surface area (Å²) >= 11 is 0. The molecule has 3 aromatic rings. The van der Waals surface area contributed by atoms with E-state index in [-0.39, 0.29) is 11.8 Å². The molecule has 6 heteroatoms. The molecule has 3 rings (SSSR count). The smallest absolute Gasteiger partial charge is 0.287 e. The quantitative estimate of drug-likeness (QED) is 0.428. The number of furan rings is 1. The van der Waals surface area contributed by atoms with E-state index in [0.29, 0.717) is 43.5 Å². The Balaban J connectivity index is 1.57. The molecule has 0 spiro atoms. The van der Waals surface area contributed by atoms with Gasteiger partial charge in [0.1, 0.15) is 5.76 Å². The summed E-state index contributed by atoms with van der Waals surface area (Å²) in [5, 5.41) is 2.92. The van der Waals surface area contributed by atoms with Crippen LogP contribution in [0.4, 0.5) is 0 Å². The maximum absolute atomic E-state index is 12.6. The third-order valence-corrected chi connectivity index (χ3v) is 5.46. The van der Waals surface area contributed by atoms with E-state index < -0.39 is 0 Å². The minimum Gasteiger partial charge on any atom is -0.454 e. The van der Waals surface area contributed by atoms with Crippen LogP contribution in [0, 0.1) is 5.92 Å². The second-order valence-corrected chi connectivity index (χ2v) is 8.80. The summed E-state index contributed by atoms with van der Waals surface area (Å²) in [6.07, 6.45) is 4.23. The molecule has 0 saturated carbocycles. The van der Waals surface area contributed by atoms with E-state index in [1.54, 1.807) is 6.07 Å². The number of amides is 2. The molecule has 0 saturated heterocycles. The van der Waals surface area contributed by atoms with E-state index in [2.05, 4.69) is 30.7 Å². The fourth-order valence-corrected chi connectivity index (χ4v) is 3.79. The highest BCUT2D eigenvalue weighted by Crippen LogP contribution is 2.15. The van der Waals surface area contributed by atoms with Gasteiger partial charge in [-0.15, -0.1) is 0 Å². The standard InChI is InChI=1S/C27H35N3O3/c1-4-16-30(26(31)18-21(2)3)19-23-11-8-17-29(23)20-24-12-13-25(33-24)27(32)28-15-14-22-9-6-5-7-10-22/h5-13,17,21H,4,14-16,18-20H2,1-3H3,(H,28,32). The molecular formula is C27H35N3O3. The summed E-state index contributed by atoms with van der Waals surface area (Å²) < 4.78 is 7.89. The molecule has 33 heavy (non-hydrogen) atoms. The van der Waals surface area contributed by atoms with Gasteiger partial charge in [0.25, 0.3) is 5.91 Å². The largest absolute Gasteiger partial charge is 0.454 e. The molecule has 0 aliphatic rings. The number of nitrogens with zero attached hydrogens (tertiary/aromatic N) is 2. The average molecular weight is 450 g/mol. The van der Waals surface area contributed by atoms with Gasteiger partial charge in [0, 0.05) is 31.4 Å². The molecule has 1 aromatic carbocycles. The molecule has 0 bridgehead atoms. The van der Waals surface area contributed by atoms with Crippen molar-refractivity contribution in [2.75, 3.05) is 13.1 Å². The zero-order valence-electron chi connectivity index (χ0n) is 19.9. The van der Waals surface area contributed by atoms with Crippen molar-refractivity contribution < 1.29 is 14.0 Å². The van der Waals surface area contributed by atoms with Crippen LogP contribution in [0.25, 0.3) is 0 Å². The normalized spacial score (nSPS) is 11.0. The highest BCUT2D eigenvalue weighted by atomic mass is 16.4. The van der Waals surface area contributed by atoms with Crippen LogP contribution in [0.1, 0.15) is 61.2 Å². The Bertz CT molecular complexity index is 1020. The third-order valence-electron chi connectivity index (χ3n) is 5.46. The molecule has 2 amide bonds. The van der Waals surface area contributed by atoms with Crippen LogP contribution in [0.2, 0.25) is 0 Å². The molecule has 176 valence electrons. The Labute approximate surface area is 196 Å². The Morgan fingerprint density at radius 3 is 2.58 bits per heavy atom. The summed E-state index contributed by atoms with van der Waals surface area (Å²) in [5.74, 6) is 1.33. The number of nitrogens with one attached hydrogen (secondary N) is 1. The number of carbonyl (C=O) groups excluding carboxylic acids is 2. The Morgan fingerprint density at radius 1 is 1.06 bits per heavy atom. The highest BCUT2D eigenvalue weighted by Gasteiger charge is 2.17. The zero-order chi connectivity index (χ0) is 23.6. The molecule has 0 radical (unpaired) electrons. The van der Waals surface area contributed by atoms with E-state index in [0.717, 1.165) is 25.1 Å². The van der Waals surface area contributed by atoms with Gasteiger partial charge in [-0.1, -0.05) is 51.1 Å². The van der Waals surface area contributed by atoms with Crippen LogP contribution < -0.4 is 5.32 Å². The first kappa shape index (κ1) is 24.4. The Hall–Kier alpha value is -3.28. The Morgan fingerprint density at radius 2 is 1.85 bits per heavy atom. The first-order valence-corrected chi connectivity index (χ1v) is 11.8. The number of benzene rings is 1. The number of hydrogen-bond donors (Lipinski definition) is 1. The molecule has 2 heterocycles. The summed E-state index contributed by atoms with van der Waals surface area (Å²) in [7, 11) is 0. The first-order valence-electron chi connectivity index (χ1n) is 11.8. The molecular weight excluding hydrogens is 414 g/mol. The lowest BCUT2D eigenvalue weighted by atomic mass is 10.1. The second kappa shape index (κ2) is 12.1. The predicted octanol–water partition coefficient (Wildman–Crippen LogP) is 4.89. The van der Waals surface area contributed by atoms with Crippen molar-refractivity contribution in [1.29, 1.82) is 0 Å². The van der Waals surface area contributed by atoms with Crippen LogP contribution >= 0.6 is 0 Å².